The number of carbonyl (C=O) groups is 1. The molecule has 3 aromatic rings. The van der Waals surface area contributed by atoms with Gasteiger partial charge in [-0.15, -0.1) is 0 Å². The molecule has 6 rings (SSSR count). The third-order valence-corrected chi connectivity index (χ3v) is 6.18. The van der Waals surface area contributed by atoms with Crippen LogP contribution in [0.15, 0.2) is 18.5 Å². The van der Waals surface area contributed by atoms with Crippen LogP contribution in [0.25, 0.3) is 11.0 Å². The van der Waals surface area contributed by atoms with Crippen LogP contribution in [0, 0.1) is 5.92 Å². The van der Waals surface area contributed by atoms with Gasteiger partial charge in [0.1, 0.15) is 29.5 Å². The Morgan fingerprint density at radius 1 is 1.27 bits per heavy atom. The third kappa shape index (κ3) is 2.86. The zero-order valence-corrected chi connectivity index (χ0v) is 16.6. The number of amides is 1. The number of benzene rings is 1. The Hall–Kier alpha value is -3.30. The van der Waals surface area contributed by atoms with Gasteiger partial charge in [0.2, 0.25) is 11.9 Å². The van der Waals surface area contributed by atoms with Gasteiger partial charge in [-0.05, 0) is 31.2 Å². The minimum Gasteiger partial charge on any atom is -0.491 e. The molecule has 30 heavy (non-hydrogen) atoms. The molecule has 1 saturated carbocycles. The second-order valence-corrected chi connectivity index (χ2v) is 8.29. The van der Waals surface area contributed by atoms with E-state index in [1.54, 1.807) is 6.33 Å². The number of carbonyl (C=O) groups excluding carboxylic acids is 1. The summed E-state index contributed by atoms with van der Waals surface area (Å²) in [6, 6.07) is 3.62. The van der Waals surface area contributed by atoms with E-state index in [0.717, 1.165) is 73.1 Å². The highest BCUT2D eigenvalue weighted by atomic mass is 16.5. The molecule has 10 heteroatoms. The standard InChI is InChI=1S/C20H24N8O2/c21-19(29)17(12-2-3-12)24-13-8-14-18-15(9-13)30-7-1-4-27(18)20(25-14)26-5-6-28-16(10-26)22-11-23-28/h8-9,11-12,17,24H,1-7,10H2,(H2,21,29)/t17-/m0/s1. The molecule has 1 aliphatic carbocycles. The van der Waals surface area contributed by atoms with Gasteiger partial charge >= 0.3 is 0 Å². The first kappa shape index (κ1) is 17.5. The summed E-state index contributed by atoms with van der Waals surface area (Å²) in [5.41, 5.74) is 8.31. The van der Waals surface area contributed by atoms with Gasteiger partial charge < -0.3 is 25.3 Å². The predicted molar refractivity (Wildman–Crippen MR) is 110 cm³/mol. The van der Waals surface area contributed by atoms with Gasteiger partial charge in [-0.3, -0.25) is 4.79 Å². The molecule has 1 atom stereocenters. The number of aryl methyl sites for hydroxylation is 1. The number of ether oxygens (including phenoxy) is 1. The molecule has 1 amide bonds. The number of imidazole rings is 1. The van der Waals surface area contributed by atoms with Crippen LogP contribution in [0.5, 0.6) is 5.75 Å². The first-order chi connectivity index (χ1) is 14.7. The Kier molecular flexibility index (Phi) is 3.87. The summed E-state index contributed by atoms with van der Waals surface area (Å²) in [5.74, 6) is 2.68. The lowest BCUT2D eigenvalue weighted by molar-refractivity contribution is -0.119. The maximum absolute atomic E-state index is 11.9. The first-order valence-electron chi connectivity index (χ1n) is 10.5. The summed E-state index contributed by atoms with van der Waals surface area (Å²) < 4.78 is 10.3. The van der Waals surface area contributed by atoms with Gasteiger partial charge in [0.15, 0.2) is 0 Å². The molecule has 3 aliphatic rings. The summed E-state index contributed by atoms with van der Waals surface area (Å²) in [6.07, 6.45) is 4.58. The number of nitrogens with zero attached hydrogens (tertiary/aromatic N) is 6. The van der Waals surface area contributed by atoms with E-state index in [2.05, 4.69) is 24.9 Å². The number of anilines is 2. The maximum Gasteiger partial charge on any atom is 0.240 e. The van der Waals surface area contributed by atoms with Crippen molar-refractivity contribution in [3.8, 4) is 5.75 Å². The van der Waals surface area contributed by atoms with Crippen LogP contribution in [-0.2, 0) is 24.4 Å². The molecule has 0 bridgehead atoms. The number of primary amides is 1. The monoisotopic (exact) mass is 408 g/mol. The summed E-state index contributed by atoms with van der Waals surface area (Å²) in [6.45, 7) is 3.79. The van der Waals surface area contributed by atoms with Crippen LogP contribution in [0.2, 0.25) is 0 Å². The number of rotatable bonds is 5. The van der Waals surface area contributed by atoms with Crippen LogP contribution >= 0.6 is 0 Å². The molecule has 1 aromatic carbocycles. The van der Waals surface area contributed by atoms with E-state index in [9.17, 15) is 4.79 Å². The van der Waals surface area contributed by atoms with E-state index >= 15 is 0 Å². The number of fused-ring (bicyclic) bond motifs is 1. The van der Waals surface area contributed by atoms with Crippen LogP contribution in [0.1, 0.15) is 25.1 Å². The van der Waals surface area contributed by atoms with E-state index < -0.39 is 0 Å². The molecular formula is C20H24N8O2. The number of nitrogens with two attached hydrogens (primary N) is 1. The topological polar surface area (TPSA) is 116 Å². The average Bonchev–Trinajstić information content (AvgIpc) is 3.40. The summed E-state index contributed by atoms with van der Waals surface area (Å²) in [4.78, 5) is 23.5. The van der Waals surface area contributed by atoms with Crippen molar-refractivity contribution in [2.45, 2.75) is 44.9 Å². The second-order valence-electron chi connectivity index (χ2n) is 8.29. The maximum atomic E-state index is 11.9. The zero-order valence-electron chi connectivity index (χ0n) is 16.6. The van der Waals surface area contributed by atoms with Crippen molar-refractivity contribution in [3.63, 3.8) is 0 Å². The van der Waals surface area contributed by atoms with Gasteiger partial charge in [0, 0.05) is 24.8 Å². The van der Waals surface area contributed by atoms with Crippen LogP contribution < -0.4 is 20.7 Å². The molecule has 4 heterocycles. The highest BCUT2D eigenvalue weighted by Crippen LogP contribution is 2.38. The lowest BCUT2D eigenvalue weighted by Crippen LogP contribution is -2.37. The molecule has 1 fully saturated rings. The molecular weight excluding hydrogens is 384 g/mol. The molecule has 0 unspecified atom stereocenters. The molecule has 156 valence electrons. The minimum atomic E-state index is -0.351. The largest absolute Gasteiger partial charge is 0.491 e. The molecule has 0 spiro atoms. The quantitative estimate of drug-likeness (QED) is 0.649. The van der Waals surface area contributed by atoms with Crippen molar-refractivity contribution in [1.29, 1.82) is 0 Å². The van der Waals surface area contributed by atoms with Crippen molar-refractivity contribution in [2.24, 2.45) is 11.7 Å². The predicted octanol–water partition coefficient (Wildman–Crippen LogP) is 1.11. The average molecular weight is 408 g/mol. The van der Waals surface area contributed by atoms with Crippen LogP contribution in [0.4, 0.5) is 11.6 Å². The molecule has 0 radical (unpaired) electrons. The Morgan fingerprint density at radius 2 is 2.17 bits per heavy atom. The SMILES string of the molecule is NC(=O)[C@@H](Nc1cc2c3c(c1)nc(N1CCn4ncnc4C1)n3CCCO2)C1CC1. The fraction of sp³-hybridized carbons (Fsp3) is 0.500. The Labute approximate surface area is 173 Å². The van der Waals surface area contributed by atoms with Crippen molar-refractivity contribution >= 4 is 28.6 Å². The minimum absolute atomic E-state index is 0.312. The van der Waals surface area contributed by atoms with E-state index in [-0.39, 0.29) is 11.9 Å². The Balaban J connectivity index is 1.40. The summed E-state index contributed by atoms with van der Waals surface area (Å²) in [5, 5.41) is 7.60. The van der Waals surface area contributed by atoms with Crippen molar-refractivity contribution in [1.82, 2.24) is 24.3 Å². The second kappa shape index (κ2) is 6.61. The third-order valence-electron chi connectivity index (χ3n) is 6.18. The number of hydrogen-bond donors (Lipinski definition) is 2. The number of aromatic nitrogens is 5. The van der Waals surface area contributed by atoms with Crippen LogP contribution in [0.3, 0.4) is 0 Å². The van der Waals surface area contributed by atoms with Crippen LogP contribution in [-0.4, -0.2) is 49.4 Å². The fourth-order valence-electron chi connectivity index (χ4n) is 4.53. The molecule has 2 aromatic heterocycles. The van der Waals surface area contributed by atoms with Gasteiger partial charge in [0.25, 0.3) is 0 Å². The van der Waals surface area contributed by atoms with E-state index in [1.807, 2.05) is 16.8 Å². The van der Waals surface area contributed by atoms with Gasteiger partial charge in [0.05, 0.1) is 25.2 Å². The number of hydrogen-bond acceptors (Lipinski definition) is 7. The zero-order chi connectivity index (χ0) is 20.2. The van der Waals surface area contributed by atoms with Crippen molar-refractivity contribution in [3.05, 3.63) is 24.3 Å². The molecule has 3 N–H and O–H groups in total. The molecule has 2 aliphatic heterocycles. The summed E-state index contributed by atoms with van der Waals surface area (Å²) in [7, 11) is 0. The highest BCUT2D eigenvalue weighted by molar-refractivity contribution is 5.90. The molecule has 10 nitrogen and oxygen atoms in total. The van der Waals surface area contributed by atoms with E-state index in [4.69, 9.17) is 15.5 Å². The summed E-state index contributed by atoms with van der Waals surface area (Å²) >= 11 is 0. The fourth-order valence-corrected chi connectivity index (χ4v) is 4.53. The smallest absolute Gasteiger partial charge is 0.240 e. The Morgan fingerprint density at radius 3 is 3.00 bits per heavy atom. The van der Waals surface area contributed by atoms with Gasteiger partial charge in [-0.1, -0.05) is 0 Å². The lowest BCUT2D eigenvalue weighted by Gasteiger charge is -2.28. The van der Waals surface area contributed by atoms with Crippen molar-refractivity contribution in [2.75, 3.05) is 23.4 Å². The van der Waals surface area contributed by atoms with Gasteiger partial charge in [-0.2, -0.15) is 5.10 Å². The number of nitrogens with one attached hydrogen (secondary N) is 1. The normalized spacial score (nSPS) is 19.1. The van der Waals surface area contributed by atoms with E-state index in [1.165, 1.54) is 0 Å². The lowest BCUT2D eigenvalue weighted by atomic mass is 10.1. The Bertz CT molecular complexity index is 1130. The van der Waals surface area contributed by atoms with Crippen molar-refractivity contribution < 1.29 is 9.53 Å². The van der Waals surface area contributed by atoms with Gasteiger partial charge in [-0.25, -0.2) is 14.6 Å². The first-order valence-corrected chi connectivity index (χ1v) is 10.5. The highest BCUT2D eigenvalue weighted by Gasteiger charge is 2.35. The van der Waals surface area contributed by atoms with E-state index in [0.29, 0.717) is 19.1 Å². The molecule has 0 saturated heterocycles.